The Morgan fingerprint density at radius 3 is 1.48 bits per heavy atom. The van der Waals surface area contributed by atoms with Crippen molar-refractivity contribution in [2.75, 3.05) is 0 Å². The molecule has 0 bridgehead atoms. The third-order valence-corrected chi connectivity index (χ3v) is 10.3. The zero-order valence-corrected chi connectivity index (χ0v) is 24.3. The molecule has 2 nitrogen and oxygen atoms in total. The van der Waals surface area contributed by atoms with Gasteiger partial charge in [0.1, 0.15) is 0 Å². The summed E-state index contributed by atoms with van der Waals surface area (Å²) < 4.78 is 0. The molecule has 5 aliphatic rings. The van der Waals surface area contributed by atoms with Crippen LogP contribution in [0.2, 0.25) is 0 Å². The van der Waals surface area contributed by atoms with Gasteiger partial charge in [0.25, 0.3) is 0 Å². The van der Waals surface area contributed by atoms with E-state index >= 15 is 0 Å². The van der Waals surface area contributed by atoms with Crippen LogP contribution in [0.4, 0.5) is 0 Å². The van der Waals surface area contributed by atoms with Crippen molar-refractivity contribution in [3.05, 3.63) is 10.6 Å². The Kier molecular flexibility index (Phi) is 11.3. The van der Waals surface area contributed by atoms with E-state index in [-0.39, 0.29) is 0 Å². The number of hydrogen-bond donors (Lipinski definition) is 0. The van der Waals surface area contributed by atoms with E-state index in [1.807, 2.05) is 0 Å². The molecular formula is C28H48Cl2N2Ti-2. The van der Waals surface area contributed by atoms with Crippen molar-refractivity contribution in [2.45, 2.75) is 141 Å². The van der Waals surface area contributed by atoms with E-state index in [1.165, 1.54) is 96.3 Å². The van der Waals surface area contributed by atoms with Crippen molar-refractivity contribution >= 4 is 18.6 Å². The van der Waals surface area contributed by atoms with E-state index in [0.717, 1.165) is 35.5 Å². The fourth-order valence-electron chi connectivity index (χ4n) is 8.72. The van der Waals surface area contributed by atoms with Gasteiger partial charge in [0.2, 0.25) is 0 Å². The van der Waals surface area contributed by atoms with Crippen molar-refractivity contribution in [1.82, 2.24) is 0 Å². The zero-order chi connectivity index (χ0) is 23.2. The van der Waals surface area contributed by atoms with Gasteiger partial charge in [0.05, 0.1) is 0 Å². The van der Waals surface area contributed by atoms with Gasteiger partial charge in [-0.05, 0) is 18.3 Å². The molecule has 5 heteroatoms. The van der Waals surface area contributed by atoms with Crippen LogP contribution < -0.4 is 0 Å². The van der Waals surface area contributed by atoms with Crippen LogP contribution in [0.1, 0.15) is 117 Å². The summed E-state index contributed by atoms with van der Waals surface area (Å²) in [5, 5.41) is 11.5. The fourth-order valence-corrected chi connectivity index (χ4v) is 8.72. The Morgan fingerprint density at radius 1 is 0.545 bits per heavy atom. The molecule has 0 radical (unpaired) electrons. The predicted molar refractivity (Wildman–Crippen MR) is 140 cm³/mol. The Balaban J connectivity index is 0.000000821. The molecule has 0 aromatic heterocycles. The molecule has 0 N–H and O–H groups in total. The van der Waals surface area contributed by atoms with Gasteiger partial charge in [-0.15, -0.1) is 12.1 Å². The Hall–Kier alpha value is 1.21. The van der Waals surface area contributed by atoms with E-state index in [4.69, 9.17) is 29.2 Å². The summed E-state index contributed by atoms with van der Waals surface area (Å²) >= 11 is -0.556. The molecule has 0 aromatic rings. The summed E-state index contributed by atoms with van der Waals surface area (Å²) in [5.74, 6) is 5.43. The Morgan fingerprint density at radius 2 is 0.970 bits per heavy atom. The molecule has 8 atom stereocenters. The van der Waals surface area contributed by atoms with Crippen LogP contribution in [0.5, 0.6) is 0 Å². The van der Waals surface area contributed by atoms with Gasteiger partial charge in [-0.3, -0.25) is 0 Å². The van der Waals surface area contributed by atoms with E-state index < -0.39 is 17.0 Å². The van der Waals surface area contributed by atoms with E-state index in [0.29, 0.717) is 24.2 Å². The van der Waals surface area contributed by atoms with Crippen LogP contribution in [0.15, 0.2) is 0 Å². The SMILES string of the molecule is CC1CCCC(C)C1[N-]C1CCCCC1[N-]C1C2CCCCC2CC2CCCCC21.[Cl][Ti][Cl]. The van der Waals surface area contributed by atoms with Gasteiger partial charge in [0.15, 0.2) is 0 Å². The standard InChI is InChI=1S/C28H48N2.2ClH.Ti/c1-19-10-9-11-20(2)27(19)29-25-16-7-8-17-26(25)30-28-23-14-5-3-12-21(23)18-22-13-4-6-15-24(22)28;;;/h19-28H,3-18H2,1-2H3;2*1H;/q-2;;;+2/p-2. The summed E-state index contributed by atoms with van der Waals surface area (Å²) in [6.45, 7) is 4.94. The maximum atomic E-state index is 5.87. The second kappa shape index (κ2) is 13.7. The van der Waals surface area contributed by atoms with Crippen LogP contribution in [0.3, 0.4) is 0 Å². The second-order valence-electron chi connectivity index (χ2n) is 12.3. The van der Waals surface area contributed by atoms with E-state index in [1.54, 1.807) is 6.42 Å². The van der Waals surface area contributed by atoms with Crippen molar-refractivity contribution in [2.24, 2.45) is 35.5 Å². The van der Waals surface area contributed by atoms with Crippen molar-refractivity contribution in [1.29, 1.82) is 0 Å². The van der Waals surface area contributed by atoms with Crippen molar-refractivity contribution in [3.63, 3.8) is 0 Å². The normalized spacial score (nSPS) is 45.7. The summed E-state index contributed by atoms with van der Waals surface area (Å²) in [6, 6.07) is 2.39. The maximum absolute atomic E-state index is 5.87. The molecule has 5 saturated carbocycles. The number of fused-ring (bicyclic) bond motifs is 2. The van der Waals surface area contributed by atoms with Crippen molar-refractivity contribution < 1.29 is 17.0 Å². The number of hydrogen-bond acceptors (Lipinski definition) is 0. The summed E-state index contributed by atoms with van der Waals surface area (Å²) in [7, 11) is 9.78. The minimum absolute atomic E-state index is 0.540. The number of nitrogens with zero attached hydrogens (tertiary/aromatic N) is 2. The summed E-state index contributed by atoms with van der Waals surface area (Å²) in [6.07, 6.45) is 23.1. The molecule has 8 unspecified atom stereocenters. The van der Waals surface area contributed by atoms with Gasteiger partial charge < -0.3 is 10.6 Å². The summed E-state index contributed by atoms with van der Waals surface area (Å²) in [5.41, 5.74) is 0. The first-order valence-electron chi connectivity index (χ1n) is 14.5. The third kappa shape index (κ3) is 6.95. The van der Waals surface area contributed by atoms with Gasteiger partial charge in [-0.2, -0.15) is 12.1 Å². The molecular weight excluding hydrogens is 483 g/mol. The topological polar surface area (TPSA) is 28.2 Å². The van der Waals surface area contributed by atoms with Gasteiger partial charge in [-0.1, -0.05) is 134 Å². The zero-order valence-electron chi connectivity index (χ0n) is 21.2. The van der Waals surface area contributed by atoms with E-state index in [2.05, 4.69) is 13.8 Å². The van der Waals surface area contributed by atoms with Gasteiger partial charge >= 0.3 is 35.6 Å². The molecule has 0 aromatic carbocycles. The first-order chi connectivity index (χ1) is 16.1. The molecule has 0 amide bonds. The van der Waals surface area contributed by atoms with Crippen LogP contribution >= 0.6 is 18.6 Å². The molecule has 190 valence electrons. The quantitative estimate of drug-likeness (QED) is 0.323. The molecule has 0 aliphatic heterocycles. The average Bonchev–Trinajstić information content (AvgIpc) is 2.83. The van der Waals surface area contributed by atoms with E-state index in [9.17, 15) is 0 Å². The molecule has 0 spiro atoms. The molecule has 5 rings (SSSR count). The summed E-state index contributed by atoms with van der Waals surface area (Å²) in [4.78, 5) is 0. The predicted octanol–water partition coefficient (Wildman–Crippen LogP) is 9.63. The first-order valence-corrected chi connectivity index (χ1v) is 18.8. The molecule has 33 heavy (non-hydrogen) atoms. The molecule has 0 heterocycles. The molecule has 5 fully saturated rings. The second-order valence-corrected chi connectivity index (χ2v) is 14.9. The van der Waals surface area contributed by atoms with Crippen molar-refractivity contribution in [3.8, 4) is 0 Å². The van der Waals surface area contributed by atoms with Crippen LogP contribution in [-0.2, 0) is 17.0 Å². The van der Waals surface area contributed by atoms with Gasteiger partial charge in [-0.25, -0.2) is 0 Å². The fraction of sp³-hybridized carbons (Fsp3) is 1.00. The number of halogens is 2. The average molecular weight is 531 g/mol. The molecule has 5 aliphatic carbocycles. The molecule has 0 saturated heterocycles. The first kappa shape index (κ1) is 27.3. The van der Waals surface area contributed by atoms with Crippen LogP contribution in [-0.4, -0.2) is 24.2 Å². The number of rotatable bonds is 4. The van der Waals surface area contributed by atoms with Crippen LogP contribution in [0, 0.1) is 35.5 Å². The van der Waals surface area contributed by atoms with Gasteiger partial charge in [0, 0.05) is 0 Å². The Labute approximate surface area is 221 Å². The minimum atomic E-state index is -0.556. The third-order valence-electron chi connectivity index (χ3n) is 10.3. The Bertz CT molecular complexity index is 546. The monoisotopic (exact) mass is 530 g/mol. The van der Waals surface area contributed by atoms with Crippen LogP contribution in [0.25, 0.3) is 10.6 Å².